The molecule has 7 heteroatoms. The molecule has 2 aliphatic heterocycles. The summed E-state index contributed by atoms with van der Waals surface area (Å²) in [7, 11) is -3.26. The van der Waals surface area contributed by atoms with E-state index in [1.54, 1.807) is 8.61 Å². The Morgan fingerprint density at radius 2 is 1.68 bits per heavy atom. The van der Waals surface area contributed by atoms with Crippen LogP contribution in [0.25, 0.3) is 0 Å². The maximum atomic E-state index is 12.7. The zero-order valence-electron chi connectivity index (χ0n) is 15.5. The number of aryl methyl sites for hydroxylation is 1. The fraction of sp³-hybridized carbons (Fsp3) is 0.778. The molecule has 0 spiro atoms. The lowest BCUT2D eigenvalue weighted by molar-refractivity contribution is 0.270. The van der Waals surface area contributed by atoms with E-state index in [0.29, 0.717) is 32.1 Å². The van der Waals surface area contributed by atoms with Crippen LogP contribution in [0.1, 0.15) is 50.0 Å². The summed E-state index contributed by atoms with van der Waals surface area (Å²) in [6.07, 6.45) is 3.92. The third-order valence-corrected chi connectivity index (χ3v) is 7.43. The summed E-state index contributed by atoms with van der Waals surface area (Å²) in [6, 6.07) is 4.08. The van der Waals surface area contributed by atoms with Crippen molar-refractivity contribution in [3.63, 3.8) is 0 Å². The molecule has 2 saturated heterocycles. The molecular formula is C18H31N3O3S. The average Bonchev–Trinajstić information content (AvgIpc) is 3.21. The molecule has 25 heavy (non-hydrogen) atoms. The number of hydrogen-bond donors (Lipinski definition) is 0. The van der Waals surface area contributed by atoms with Crippen molar-refractivity contribution in [1.82, 2.24) is 13.5 Å². The molecule has 3 heterocycles. The van der Waals surface area contributed by atoms with Gasteiger partial charge < -0.3 is 9.32 Å². The molecule has 1 aromatic heterocycles. The topological polar surface area (TPSA) is 57.0 Å². The van der Waals surface area contributed by atoms with Gasteiger partial charge in [0, 0.05) is 38.6 Å². The molecule has 0 amide bonds. The highest BCUT2D eigenvalue weighted by Crippen LogP contribution is 2.22. The normalized spacial score (nSPS) is 23.0. The molecule has 142 valence electrons. The maximum Gasteiger partial charge on any atom is 0.282 e. The molecule has 6 nitrogen and oxygen atoms in total. The Bertz CT molecular complexity index is 652. The minimum absolute atomic E-state index is 0.390. The van der Waals surface area contributed by atoms with Crippen molar-refractivity contribution in [3.8, 4) is 0 Å². The van der Waals surface area contributed by atoms with Gasteiger partial charge in [-0.05, 0) is 57.8 Å². The lowest BCUT2D eigenvalue weighted by Gasteiger charge is -2.26. The van der Waals surface area contributed by atoms with Crippen molar-refractivity contribution in [3.05, 3.63) is 23.7 Å². The van der Waals surface area contributed by atoms with Crippen LogP contribution < -0.4 is 0 Å². The van der Waals surface area contributed by atoms with E-state index in [0.717, 1.165) is 56.8 Å². The first-order chi connectivity index (χ1) is 12.0. The Morgan fingerprint density at radius 3 is 2.36 bits per heavy atom. The van der Waals surface area contributed by atoms with Crippen molar-refractivity contribution in [2.24, 2.45) is 0 Å². The Labute approximate surface area is 151 Å². The van der Waals surface area contributed by atoms with Crippen LogP contribution in [-0.4, -0.2) is 67.7 Å². The van der Waals surface area contributed by atoms with Crippen LogP contribution in [0.4, 0.5) is 0 Å². The summed E-state index contributed by atoms with van der Waals surface area (Å²) >= 11 is 0. The molecular weight excluding hydrogens is 338 g/mol. The molecule has 1 atom stereocenters. The molecule has 0 radical (unpaired) electrons. The summed E-state index contributed by atoms with van der Waals surface area (Å²) < 4.78 is 34.5. The van der Waals surface area contributed by atoms with Crippen LogP contribution in [0.3, 0.4) is 0 Å². The molecule has 1 aromatic rings. The van der Waals surface area contributed by atoms with Crippen LogP contribution in [0.15, 0.2) is 16.5 Å². The van der Waals surface area contributed by atoms with E-state index in [9.17, 15) is 8.42 Å². The summed E-state index contributed by atoms with van der Waals surface area (Å²) in [6.45, 7) is 9.55. The van der Waals surface area contributed by atoms with Gasteiger partial charge in [0.15, 0.2) is 0 Å². The van der Waals surface area contributed by atoms with Gasteiger partial charge in [-0.1, -0.05) is 6.92 Å². The quantitative estimate of drug-likeness (QED) is 0.773. The monoisotopic (exact) mass is 369 g/mol. The van der Waals surface area contributed by atoms with Crippen LogP contribution in [0.5, 0.6) is 0 Å². The second kappa shape index (κ2) is 8.20. The molecule has 0 N–H and O–H groups in total. The SMILES string of the molecule is Cc1ccc([C@H](C)CCN2CCCN(S(=O)(=O)N3CCCC3)CC2)o1. The van der Waals surface area contributed by atoms with Gasteiger partial charge in [-0.15, -0.1) is 0 Å². The predicted octanol–water partition coefficient (Wildman–Crippen LogP) is 2.43. The van der Waals surface area contributed by atoms with E-state index in [1.165, 1.54) is 0 Å². The van der Waals surface area contributed by atoms with Crippen LogP contribution in [0, 0.1) is 6.92 Å². The summed E-state index contributed by atoms with van der Waals surface area (Å²) in [5.74, 6) is 2.39. The van der Waals surface area contributed by atoms with E-state index in [4.69, 9.17) is 4.42 Å². The second-order valence-electron chi connectivity index (χ2n) is 7.35. The Kier molecular flexibility index (Phi) is 6.20. The Morgan fingerprint density at radius 1 is 1.00 bits per heavy atom. The minimum atomic E-state index is -3.26. The van der Waals surface area contributed by atoms with Gasteiger partial charge >= 0.3 is 0 Å². The molecule has 2 fully saturated rings. The Balaban J connectivity index is 1.49. The van der Waals surface area contributed by atoms with E-state index in [-0.39, 0.29) is 0 Å². The lowest BCUT2D eigenvalue weighted by Crippen LogP contribution is -2.44. The van der Waals surface area contributed by atoms with Gasteiger partial charge in [0.1, 0.15) is 11.5 Å². The van der Waals surface area contributed by atoms with Crippen molar-refractivity contribution < 1.29 is 12.8 Å². The first-order valence-corrected chi connectivity index (χ1v) is 10.9. The number of nitrogens with zero attached hydrogens (tertiary/aromatic N) is 3. The van der Waals surface area contributed by atoms with Gasteiger partial charge in [0.2, 0.25) is 0 Å². The highest BCUT2D eigenvalue weighted by atomic mass is 32.2. The largest absolute Gasteiger partial charge is 0.466 e. The zero-order valence-corrected chi connectivity index (χ0v) is 16.3. The molecule has 0 saturated carbocycles. The van der Waals surface area contributed by atoms with E-state index >= 15 is 0 Å². The van der Waals surface area contributed by atoms with E-state index in [2.05, 4.69) is 17.9 Å². The van der Waals surface area contributed by atoms with Gasteiger partial charge in [-0.2, -0.15) is 17.0 Å². The van der Waals surface area contributed by atoms with Crippen molar-refractivity contribution in [2.75, 3.05) is 45.8 Å². The lowest BCUT2D eigenvalue weighted by atomic mass is 10.0. The fourth-order valence-corrected chi connectivity index (χ4v) is 5.44. The standard InChI is InChI=1S/C18H31N3O3S/c1-16(18-7-6-17(2)24-18)8-13-19-9-5-12-21(15-14-19)25(22,23)20-10-3-4-11-20/h6-7,16H,3-5,8-15H2,1-2H3/t16-/m1/s1. The summed E-state index contributed by atoms with van der Waals surface area (Å²) in [5, 5.41) is 0. The maximum absolute atomic E-state index is 12.7. The number of rotatable bonds is 6. The van der Waals surface area contributed by atoms with Crippen molar-refractivity contribution in [2.45, 2.75) is 45.4 Å². The zero-order chi connectivity index (χ0) is 17.9. The van der Waals surface area contributed by atoms with Gasteiger partial charge in [0.25, 0.3) is 10.2 Å². The van der Waals surface area contributed by atoms with Gasteiger partial charge in [-0.3, -0.25) is 0 Å². The van der Waals surface area contributed by atoms with Crippen LogP contribution >= 0.6 is 0 Å². The van der Waals surface area contributed by atoms with Crippen molar-refractivity contribution >= 4 is 10.2 Å². The van der Waals surface area contributed by atoms with Crippen molar-refractivity contribution in [1.29, 1.82) is 0 Å². The number of furan rings is 1. The van der Waals surface area contributed by atoms with E-state index in [1.807, 2.05) is 13.0 Å². The third-order valence-electron chi connectivity index (χ3n) is 5.39. The summed E-state index contributed by atoms with van der Waals surface area (Å²) in [5.41, 5.74) is 0. The smallest absolute Gasteiger partial charge is 0.282 e. The molecule has 3 rings (SSSR count). The highest BCUT2D eigenvalue weighted by Gasteiger charge is 2.32. The van der Waals surface area contributed by atoms with Crippen LogP contribution in [0.2, 0.25) is 0 Å². The third kappa shape index (κ3) is 4.64. The second-order valence-corrected chi connectivity index (χ2v) is 9.27. The Hall–Kier alpha value is -0.890. The summed E-state index contributed by atoms with van der Waals surface area (Å²) in [4.78, 5) is 2.39. The molecule has 2 aliphatic rings. The fourth-order valence-electron chi connectivity index (χ4n) is 3.72. The van der Waals surface area contributed by atoms with Gasteiger partial charge in [-0.25, -0.2) is 0 Å². The van der Waals surface area contributed by atoms with Crippen LogP contribution in [-0.2, 0) is 10.2 Å². The average molecular weight is 370 g/mol. The minimum Gasteiger partial charge on any atom is -0.466 e. The molecule has 0 aliphatic carbocycles. The predicted molar refractivity (Wildman–Crippen MR) is 98.8 cm³/mol. The molecule has 0 unspecified atom stereocenters. The van der Waals surface area contributed by atoms with E-state index < -0.39 is 10.2 Å². The number of hydrogen-bond acceptors (Lipinski definition) is 4. The van der Waals surface area contributed by atoms with Gasteiger partial charge in [0.05, 0.1) is 0 Å². The highest BCUT2D eigenvalue weighted by molar-refractivity contribution is 7.86. The molecule has 0 aromatic carbocycles. The first-order valence-electron chi connectivity index (χ1n) is 9.51. The first kappa shape index (κ1) is 18.9. The molecule has 0 bridgehead atoms.